The molecule has 0 radical (unpaired) electrons. The van der Waals surface area contributed by atoms with Crippen molar-refractivity contribution in [3.05, 3.63) is 58.4 Å². The van der Waals surface area contributed by atoms with Crippen LogP contribution >= 0.6 is 11.6 Å². The van der Waals surface area contributed by atoms with Crippen LogP contribution in [-0.2, 0) is 20.7 Å². The molecule has 0 aliphatic rings. The predicted molar refractivity (Wildman–Crippen MR) is 88.5 cm³/mol. The predicted octanol–water partition coefficient (Wildman–Crippen LogP) is 3.08. The molecule has 1 aromatic carbocycles. The van der Waals surface area contributed by atoms with Crippen molar-refractivity contribution in [3.63, 3.8) is 0 Å². The van der Waals surface area contributed by atoms with Gasteiger partial charge in [0.2, 0.25) is 0 Å². The highest BCUT2D eigenvalue weighted by Crippen LogP contribution is 2.22. The molecule has 0 bridgehead atoms. The molecule has 0 unspecified atom stereocenters. The third-order valence-corrected chi connectivity index (χ3v) is 3.40. The quantitative estimate of drug-likeness (QED) is 0.854. The maximum Gasteiger partial charge on any atom is 0.310 e. The third kappa shape index (κ3) is 5.38. The van der Waals surface area contributed by atoms with Gasteiger partial charge in [-0.25, -0.2) is 0 Å². The lowest BCUT2D eigenvalue weighted by atomic mass is 10.2. The minimum Gasteiger partial charge on any atom is -0.455 e. The van der Waals surface area contributed by atoms with E-state index >= 15 is 0 Å². The van der Waals surface area contributed by atoms with Crippen molar-refractivity contribution in [2.75, 3.05) is 11.9 Å². The van der Waals surface area contributed by atoms with Crippen LogP contribution in [0.4, 0.5) is 5.69 Å². The highest BCUT2D eigenvalue weighted by molar-refractivity contribution is 6.33. The molecule has 0 spiro atoms. The number of aromatic nitrogens is 1. The Morgan fingerprint density at radius 2 is 2.00 bits per heavy atom. The number of rotatable bonds is 5. The van der Waals surface area contributed by atoms with Crippen molar-refractivity contribution in [3.8, 4) is 0 Å². The number of halogens is 1. The SMILES string of the molecule is Cc1ccc(NC(=O)COC(=O)Cc2ccc(C)nc2)c(Cl)c1. The number of nitrogens with one attached hydrogen (secondary N) is 1. The zero-order valence-electron chi connectivity index (χ0n) is 12.9. The Labute approximate surface area is 139 Å². The second kappa shape index (κ2) is 7.74. The molecule has 23 heavy (non-hydrogen) atoms. The van der Waals surface area contributed by atoms with Crippen LogP contribution < -0.4 is 5.32 Å². The number of esters is 1. The standard InChI is InChI=1S/C17H17ClN2O3/c1-11-3-6-15(14(18)7-11)20-16(21)10-23-17(22)8-13-5-4-12(2)19-9-13/h3-7,9H,8,10H2,1-2H3,(H,20,21). The van der Waals surface area contributed by atoms with E-state index in [1.807, 2.05) is 26.0 Å². The molecule has 0 aliphatic heterocycles. The summed E-state index contributed by atoms with van der Waals surface area (Å²) < 4.78 is 4.95. The fraction of sp³-hybridized carbons (Fsp3) is 0.235. The average molecular weight is 333 g/mol. The zero-order chi connectivity index (χ0) is 16.8. The van der Waals surface area contributed by atoms with Crippen molar-refractivity contribution in [1.82, 2.24) is 4.98 Å². The van der Waals surface area contributed by atoms with Crippen LogP contribution in [0, 0.1) is 13.8 Å². The van der Waals surface area contributed by atoms with E-state index in [0.29, 0.717) is 10.7 Å². The second-order valence-corrected chi connectivity index (χ2v) is 5.58. The Morgan fingerprint density at radius 3 is 2.65 bits per heavy atom. The first kappa shape index (κ1) is 17.0. The van der Waals surface area contributed by atoms with Gasteiger partial charge in [-0.1, -0.05) is 23.7 Å². The number of amides is 1. The van der Waals surface area contributed by atoms with Gasteiger partial charge in [-0.2, -0.15) is 0 Å². The van der Waals surface area contributed by atoms with Crippen LogP contribution in [0.1, 0.15) is 16.8 Å². The molecule has 0 aliphatic carbocycles. The van der Waals surface area contributed by atoms with Crippen molar-refractivity contribution >= 4 is 29.2 Å². The summed E-state index contributed by atoms with van der Waals surface area (Å²) in [6, 6.07) is 8.89. The average Bonchev–Trinajstić information content (AvgIpc) is 2.50. The van der Waals surface area contributed by atoms with E-state index in [1.54, 1.807) is 24.4 Å². The summed E-state index contributed by atoms with van der Waals surface area (Å²) in [7, 11) is 0. The summed E-state index contributed by atoms with van der Waals surface area (Å²) in [5, 5.41) is 3.04. The molecule has 6 heteroatoms. The van der Waals surface area contributed by atoms with Gasteiger partial charge < -0.3 is 10.1 Å². The largest absolute Gasteiger partial charge is 0.455 e. The van der Waals surface area contributed by atoms with E-state index in [-0.39, 0.29) is 13.0 Å². The molecule has 1 amide bonds. The van der Waals surface area contributed by atoms with Gasteiger partial charge >= 0.3 is 5.97 Å². The van der Waals surface area contributed by atoms with E-state index in [0.717, 1.165) is 16.8 Å². The van der Waals surface area contributed by atoms with Gasteiger partial charge in [0.15, 0.2) is 6.61 Å². The minimum absolute atomic E-state index is 0.0752. The molecule has 2 aromatic rings. The molecule has 0 fully saturated rings. The van der Waals surface area contributed by atoms with Crippen LogP contribution in [0.3, 0.4) is 0 Å². The van der Waals surface area contributed by atoms with E-state index in [4.69, 9.17) is 16.3 Å². The number of benzene rings is 1. The van der Waals surface area contributed by atoms with Crippen molar-refractivity contribution < 1.29 is 14.3 Å². The summed E-state index contributed by atoms with van der Waals surface area (Å²) in [5.41, 5.74) is 3.09. The first-order chi connectivity index (χ1) is 10.9. The van der Waals surface area contributed by atoms with Crippen molar-refractivity contribution in [1.29, 1.82) is 0 Å². The smallest absolute Gasteiger partial charge is 0.310 e. The first-order valence-electron chi connectivity index (χ1n) is 7.07. The van der Waals surface area contributed by atoms with Gasteiger partial charge in [-0.3, -0.25) is 14.6 Å². The van der Waals surface area contributed by atoms with Gasteiger partial charge in [0.25, 0.3) is 5.91 Å². The van der Waals surface area contributed by atoms with E-state index in [2.05, 4.69) is 10.3 Å². The van der Waals surface area contributed by atoms with Crippen LogP contribution in [0.15, 0.2) is 36.5 Å². The lowest BCUT2D eigenvalue weighted by Crippen LogP contribution is -2.21. The van der Waals surface area contributed by atoms with Crippen LogP contribution in [0.5, 0.6) is 0 Å². The van der Waals surface area contributed by atoms with Gasteiger partial charge in [-0.05, 0) is 43.2 Å². The van der Waals surface area contributed by atoms with Gasteiger partial charge in [-0.15, -0.1) is 0 Å². The Balaban J connectivity index is 1.81. The molecule has 1 N–H and O–H groups in total. The zero-order valence-corrected chi connectivity index (χ0v) is 13.7. The van der Waals surface area contributed by atoms with E-state index in [9.17, 15) is 9.59 Å². The van der Waals surface area contributed by atoms with Gasteiger partial charge in [0, 0.05) is 11.9 Å². The second-order valence-electron chi connectivity index (χ2n) is 5.18. The number of aryl methyl sites for hydroxylation is 2. The van der Waals surface area contributed by atoms with Crippen LogP contribution in [-0.4, -0.2) is 23.5 Å². The monoisotopic (exact) mass is 332 g/mol. The van der Waals surface area contributed by atoms with E-state index in [1.165, 1.54) is 0 Å². The number of carbonyl (C=O) groups is 2. The number of ether oxygens (including phenoxy) is 1. The molecule has 0 saturated heterocycles. The molecular formula is C17H17ClN2O3. The Morgan fingerprint density at radius 1 is 1.22 bits per heavy atom. The molecule has 2 rings (SSSR count). The maximum absolute atomic E-state index is 11.8. The lowest BCUT2D eigenvalue weighted by molar-refractivity contribution is -0.146. The Bertz CT molecular complexity index is 714. The number of hydrogen-bond acceptors (Lipinski definition) is 4. The van der Waals surface area contributed by atoms with E-state index < -0.39 is 11.9 Å². The topological polar surface area (TPSA) is 68.3 Å². The summed E-state index contributed by atoms with van der Waals surface area (Å²) in [6.07, 6.45) is 1.69. The van der Waals surface area contributed by atoms with Crippen molar-refractivity contribution in [2.45, 2.75) is 20.3 Å². The number of carbonyl (C=O) groups excluding carboxylic acids is 2. The summed E-state index contributed by atoms with van der Waals surface area (Å²) in [5.74, 6) is -0.924. The summed E-state index contributed by atoms with van der Waals surface area (Å²) >= 11 is 6.03. The number of anilines is 1. The Hall–Kier alpha value is -2.40. The maximum atomic E-state index is 11.8. The molecule has 1 heterocycles. The van der Waals surface area contributed by atoms with Crippen LogP contribution in [0.2, 0.25) is 5.02 Å². The fourth-order valence-corrected chi connectivity index (χ4v) is 2.16. The first-order valence-corrected chi connectivity index (χ1v) is 7.45. The molecule has 5 nitrogen and oxygen atoms in total. The normalized spacial score (nSPS) is 10.2. The highest BCUT2D eigenvalue weighted by atomic mass is 35.5. The molecular weight excluding hydrogens is 316 g/mol. The number of nitrogens with zero attached hydrogens (tertiary/aromatic N) is 1. The van der Waals surface area contributed by atoms with Gasteiger partial charge in [0.1, 0.15) is 0 Å². The molecule has 1 aromatic heterocycles. The lowest BCUT2D eigenvalue weighted by Gasteiger charge is -2.08. The molecule has 0 atom stereocenters. The Kier molecular flexibility index (Phi) is 5.71. The van der Waals surface area contributed by atoms with Gasteiger partial charge in [0.05, 0.1) is 17.1 Å². The highest BCUT2D eigenvalue weighted by Gasteiger charge is 2.10. The van der Waals surface area contributed by atoms with Crippen LogP contribution in [0.25, 0.3) is 0 Å². The third-order valence-electron chi connectivity index (χ3n) is 3.08. The van der Waals surface area contributed by atoms with Crippen molar-refractivity contribution in [2.24, 2.45) is 0 Å². The number of pyridine rings is 1. The number of hydrogen-bond donors (Lipinski definition) is 1. The fourth-order valence-electron chi connectivity index (χ4n) is 1.87. The summed E-state index contributed by atoms with van der Waals surface area (Å²) in [6.45, 7) is 3.41. The summed E-state index contributed by atoms with van der Waals surface area (Å²) in [4.78, 5) is 27.6. The minimum atomic E-state index is -0.485. The molecule has 0 saturated carbocycles. The molecule has 120 valence electrons.